The third-order valence-electron chi connectivity index (χ3n) is 8.14. The molecule has 0 spiro atoms. The van der Waals surface area contributed by atoms with Crippen LogP contribution in [-0.4, -0.2) is 71.3 Å². The van der Waals surface area contributed by atoms with Crippen molar-refractivity contribution >= 4 is 28.8 Å². The molecule has 0 bridgehead atoms. The van der Waals surface area contributed by atoms with Crippen LogP contribution in [0.25, 0.3) is 10.9 Å². The third kappa shape index (κ3) is 7.26. The lowest BCUT2D eigenvalue weighted by Crippen LogP contribution is -2.48. The van der Waals surface area contributed by atoms with E-state index in [0.717, 1.165) is 90.9 Å². The number of carbonyl (C=O) groups excluding carboxylic acids is 1. The Morgan fingerprint density at radius 2 is 2.12 bits per heavy atom. The first-order chi connectivity index (χ1) is 19.4. The number of methoxy groups -OCH3 is 1. The normalized spacial score (nSPS) is 15.3. The molecular formula is C31H45N6O3+. The van der Waals surface area contributed by atoms with Crippen molar-refractivity contribution in [2.75, 3.05) is 43.9 Å². The van der Waals surface area contributed by atoms with Gasteiger partial charge in [0.1, 0.15) is 11.4 Å². The predicted molar refractivity (Wildman–Crippen MR) is 158 cm³/mol. The molecule has 1 aliphatic heterocycles. The van der Waals surface area contributed by atoms with Crippen LogP contribution >= 0.6 is 0 Å². The number of nitrogens with one attached hydrogen (secondary N) is 2. The summed E-state index contributed by atoms with van der Waals surface area (Å²) in [5.74, 6) is 1.53. The van der Waals surface area contributed by atoms with Gasteiger partial charge in [-0.1, -0.05) is 29.9 Å². The number of benzene rings is 1. The van der Waals surface area contributed by atoms with Crippen molar-refractivity contribution in [2.45, 2.75) is 77.4 Å². The third-order valence-corrected chi connectivity index (χ3v) is 8.14. The summed E-state index contributed by atoms with van der Waals surface area (Å²) in [6.07, 6.45) is 8.92. The van der Waals surface area contributed by atoms with Gasteiger partial charge in [-0.25, -0.2) is 4.98 Å². The molecule has 4 rings (SSSR count). The molecule has 9 nitrogen and oxygen atoms in total. The van der Waals surface area contributed by atoms with Crippen molar-refractivity contribution in [1.29, 1.82) is 0 Å². The van der Waals surface area contributed by atoms with Crippen molar-refractivity contribution in [3.8, 4) is 0 Å². The lowest BCUT2D eigenvalue weighted by Gasteiger charge is -2.31. The minimum Gasteiger partial charge on any atom is -0.380 e. The number of carbonyl (C=O) groups is 1. The number of aldehydes is 1. The van der Waals surface area contributed by atoms with Gasteiger partial charge in [-0.15, -0.1) is 4.98 Å². The molecule has 3 heterocycles. The van der Waals surface area contributed by atoms with E-state index < -0.39 is 5.54 Å². The Bertz CT molecular complexity index is 1290. The number of anilines is 2. The van der Waals surface area contributed by atoms with Crippen LogP contribution in [0.15, 0.2) is 36.7 Å². The van der Waals surface area contributed by atoms with E-state index in [-0.39, 0.29) is 6.10 Å². The molecule has 0 aliphatic carbocycles. The van der Waals surface area contributed by atoms with Crippen LogP contribution < -0.4 is 15.4 Å². The monoisotopic (exact) mass is 549 g/mol. The maximum absolute atomic E-state index is 12.6. The Morgan fingerprint density at radius 1 is 1.27 bits per heavy atom. The fraction of sp³-hybridized carbons (Fsp3) is 0.548. The summed E-state index contributed by atoms with van der Waals surface area (Å²) in [5.41, 5.74) is 3.43. The molecule has 1 aliphatic rings. The first-order valence-corrected chi connectivity index (χ1v) is 14.6. The van der Waals surface area contributed by atoms with Crippen molar-refractivity contribution < 1.29 is 19.5 Å². The molecule has 3 N–H and O–H groups in total. The van der Waals surface area contributed by atoms with Crippen LogP contribution in [0, 0.1) is 6.92 Å². The van der Waals surface area contributed by atoms with Gasteiger partial charge in [0, 0.05) is 38.9 Å². The van der Waals surface area contributed by atoms with E-state index >= 15 is 0 Å². The number of para-hydroxylation sites is 1. The average Bonchev–Trinajstić information content (AvgIpc) is 2.98. The van der Waals surface area contributed by atoms with E-state index in [0.29, 0.717) is 18.7 Å². The second kappa shape index (κ2) is 13.9. The quantitative estimate of drug-likeness (QED) is 0.111. The molecule has 0 saturated carbocycles. The summed E-state index contributed by atoms with van der Waals surface area (Å²) >= 11 is 0. The highest BCUT2D eigenvalue weighted by Crippen LogP contribution is 2.26. The van der Waals surface area contributed by atoms with E-state index in [1.807, 2.05) is 32.0 Å². The number of hydrogen-bond acceptors (Lipinski definition) is 8. The minimum absolute atomic E-state index is 0.0836. The number of rotatable bonds is 15. The maximum atomic E-state index is 12.6. The van der Waals surface area contributed by atoms with Crippen LogP contribution in [0.3, 0.4) is 0 Å². The fourth-order valence-corrected chi connectivity index (χ4v) is 5.41. The largest absolute Gasteiger partial charge is 0.380 e. The number of ether oxygens (including phenoxy) is 1. The first kappa shape index (κ1) is 29.7. The van der Waals surface area contributed by atoms with Gasteiger partial charge >= 0.3 is 0 Å². The summed E-state index contributed by atoms with van der Waals surface area (Å²) in [6.45, 7) is 9.48. The summed E-state index contributed by atoms with van der Waals surface area (Å²) in [5, 5.41) is 18.2. The molecule has 0 radical (unpaired) electrons. The van der Waals surface area contributed by atoms with Crippen LogP contribution in [0.4, 0.5) is 11.6 Å². The molecule has 1 unspecified atom stereocenters. The van der Waals surface area contributed by atoms with E-state index in [1.165, 1.54) is 18.3 Å². The summed E-state index contributed by atoms with van der Waals surface area (Å²) in [6, 6.07) is 10.2. The van der Waals surface area contributed by atoms with Gasteiger partial charge in [0.25, 0.3) is 12.1 Å². The van der Waals surface area contributed by atoms with Gasteiger partial charge < -0.3 is 20.2 Å². The highest BCUT2D eigenvalue weighted by molar-refractivity contribution is 5.90. The van der Waals surface area contributed by atoms with Gasteiger partial charge in [-0.3, -0.25) is 10.1 Å². The summed E-state index contributed by atoms with van der Waals surface area (Å²) < 4.78 is 6.55. The number of fused-ring (bicyclic) bond motifs is 2. The molecule has 3 aromatic rings. The molecule has 0 fully saturated rings. The molecule has 2 atom stereocenters. The maximum Gasteiger partial charge on any atom is 0.271 e. The van der Waals surface area contributed by atoms with Crippen LogP contribution in [0.1, 0.15) is 62.8 Å². The fourth-order valence-electron chi connectivity index (χ4n) is 5.41. The number of aromatic nitrogens is 3. The zero-order valence-electron chi connectivity index (χ0n) is 24.4. The lowest BCUT2D eigenvalue weighted by atomic mass is 9.92. The molecule has 216 valence electrons. The van der Waals surface area contributed by atoms with Crippen molar-refractivity contribution in [3.63, 3.8) is 0 Å². The smallest absolute Gasteiger partial charge is 0.271 e. The summed E-state index contributed by atoms with van der Waals surface area (Å²) in [4.78, 5) is 24.2. The van der Waals surface area contributed by atoms with E-state index in [4.69, 9.17) is 9.72 Å². The Labute approximate surface area is 237 Å². The van der Waals surface area contributed by atoms with Crippen molar-refractivity contribution in [2.24, 2.45) is 0 Å². The lowest BCUT2D eigenvalue weighted by molar-refractivity contribution is -0.894. The van der Waals surface area contributed by atoms with E-state index in [1.54, 1.807) is 7.11 Å². The molecule has 1 aromatic carbocycles. The van der Waals surface area contributed by atoms with Gasteiger partial charge in [-0.2, -0.15) is 0 Å². The van der Waals surface area contributed by atoms with Crippen LogP contribution in [-0.2, 0) is 22.4 Å². The number of aryl methyl sites for hydroxylation is 3. The molecule has 0 saturated heterocycles. The van der Waals surface area contributed by atoms with Crippen LogP contribution in [0.2, 0.25) is 0 Å². The van der Waals surface area contributed by atoms with Gasteiger partial charge in [0.05, 0.1) is 11.5 Å². The van der Waals surface area contributed by atoms with E-state index in [2.05, 4.69) is 39.6 Å². The van der Waals surface area contributed by atoms with Crippen molar-refractivity contribution in [3.05, 3.63) is 53.5 Å². The van der Waals surface area contributed by atoms with Gasteiger partial charge in [0.15, 0.2) is 11.8 Å². The summed E-state index contributed by atoms with van der Waals surface area (Å²) in [7, 11) is 1.73. The topological polar surface area (TPSA) is 103 Å². The molecule has 0 amide bonds. The Hall–Kier alpha value is -3.30. The van der Waals surface area contributed by atoms with Gasteiger partial charge in [-0.05, 0) is 82.2 Å². The Balaban J connectivity index is 1.40. The predicted octanol–water partition coefficient (Wildman–Crippen LogP) is 4.33. The number of nitrogens with zero attached hydrogens (tertiary/aromatic N) is 4. The zero-order valence-corrected chi connectivity index (χ0v) is 24.4. The van der Waals surface area contributed by atoms with Crippen LogP contribution in [0.5, 0.6) is 0 Å². The highest BCUT2D eigenvalue weighted by atomic mass is 16.5. The highest BCUT2D eigenvalue weighted by Gasteiger charge is 2.34. The SMILES string of the molecule is CCC(C=O)(CCN(CCCCc1ccc2c(n1)NCCC2)C[C@@H](C)OC)Nc1c2cccc(C)c2nc[n+]1O. The van der Waals surface area contributed by atoms with E-state index in [9.17, 15) is 10.0 Å². The second-order valence-corrected chi connectivity index (χ2v) is 11.1. The molecule has 40 heavy (non-hydrogen) atoms. The second-order valence-electron chi connectivity index (χ2n) is 11.1. The van der Waals surface area contributed by atoms with Crippen molar-refractivity contribution in [1.82, 2.24) is 14.9 Å². The molecule has 2 aromatic heterocycles. The Morgan fingerprint density at radius 3 is 2.90 bits per heavy atom. The average molecular weight is 550 g/mol. The number of unbranched alkanes of at least 4 members (excludes halogenated alkanes) is 1. The first-order valence-electron chi connectivity index (χ1n) is 14.6. The zero-order chi connectivity index (χ0) is 28.5. The molecular weight excluding hydrogens is 504 g/mol. The van der Waals surface area contributed by atoms with Gasteiger partial charge in [0.2, 0.25) is 0 Å². The standard InChI is InChI=1S/C31H44N6O3/c1-5-31(21-38,35-30-27-13-8-10-23(2)28(27)33-22-37(30)39)16-19-36(20-24(3)40-4)18-7-6-12-26-15-14-25-11-9-17-32-29(25)34-26/h8,10,13-15,21-22,24,39H,5-7,9,11-12,16-20H2,1-4H3,(H,32,34)/p+1/t24-,31?/m1/s1. The molecule has 9 heteroatoms. The number of hydrogen-bond donors (Lipinski definition) is 3. The minimum atomic E-state index is -0.836. The number of pyridine rings is 1. The Kier molecular flexibility index (Phi) is 10.3.